The van der Waals surface area contributed by atoms with E-state index in [1.165, 1.54) is 6.33 Å². The summed E-state index contributed by atoms with van der Waals surface area (Å²) in [6.45, 7) is 6.12. The monoisotopic (exact) mass is 516 g/mol. The molecule has 2 N–H and O–H groups in total. The minimum absolute atomic E-state index is 0.203. The molecular weight excluding hydrogens is 488 g/mol. The van der Waals surface area contributed by atoms with Crippen LogP contribution < -0.4 is 9.88 Å². The zero-order valence-corrected chi connectivity index (χ0v) is 21.7. The van der Waals surface area contributed by atoms with Crippen LogP contribution in [0.5, 0.6) is 5.75 Å². The van der Waals surface area contributed by atoms with E-state index in [1.807, 2.05) is 55.6 Å². The number of rotatable bonds is 9. The number of benzene rings is 2. The molecule has 0 fully saturated rings. The van der Waals surface area contributed by atoms with Crippen molar-refractivity contribution < 1.29 is 18.8 Å². The van der Waals surface area contributed by atoms with Crippen molar-refractivity contribution in [1.82, 2.24) is 14.6 Å². The second-order valence-corrected chi connectivity index (χ2v) is 9.44. The molecule has 0 aliphatic carbocycles. The maximum atomic E-state index is 12.0. The highest BCUT2D eigenvalue weighted by Gasteiger charge is 2.16. The summed E-state index contributed by atoms with van der Waals surface area (Å²) in [7, 11) is 0. The molecule has 4 aromatic rings. The lowest BCUT2D eigenvalue weighted by molar-refractivity contribution is -0.143. The molecule has 4 rings (SSSR count). The average molecular weight is 517 g/mol. The van der Waals surface area contributed by atoms with Crippen LogP contribution in [-0.2, 0) is 27.5 Å². The number of pyridine rings is 1. The van der Waals surface area contributed by atoms with E-state index in [0.29, 0.717) is 22.9 Å². The highest BCUT2D eigenvalue weighted by atomic mass is 32.2. The summed E-state index contributed by atoms with van der Waals surface area (Å²) < 4.78 is 24.5. The van der Waals surface area contributed by atoms with Gasteiger partial charge in [0.25, 0.3) is 0 Å². The maximum absolute atomic E-state index is 12.0. The smallest absolute Gasteiger partial charge is 0.307 e. The Hall–Kier alpha value is -3.84. The standard InChI is InChI=1S/C28H28N4O4S/c1-4-6-21(15-27(33)35-5-2)20-7-9-24(10-8-20)36-17-23-14-22(16-32-28(23)30-18-31-32)26-12-11-25(37(29)34)13-19(26)3/h7-14,16,18,21H,5,15,17,29H2,1-3H3. The van der Waals surface area contributed by atoms with Gasteiger partial charge in [0, 0.05) is 17.3 Å². The molecule has 2 atom stereocenters. The van der Waals surface area contributed by atoms with Crippen molar-refractivity contribution in [3.05, 3.63) is 77.7 Å². The minimum atomic E-state index is -1.54. The first kappa shape index (κ1) is 26.2. The Labute approximate surface area is 219 Å². The summed E-state index contributed by atoms with van der Waals surface area (Å²) in [5.74, 6) is 6.15. The zero-order valence-electron chi connectivity index (χ0n) is 20.9. The number of nitrogens with two attached hydrogens (primary N) is 1. The third-order valence-corrected chi connectivity index (χ3v) is 6.58. The second kappa shape index (κ2) is 11.9. The summed E-state index contributed by atoms with van der Waals surface area (Å²) in [5.41, 5.74) is 5.34. The fraction of sp³-hybridized carbons (Fsp3) is 0.250. The van der Waals surface area contributed by atoms with E-state index in [1.54, 1.807) is 24.4 Å². The molecule has 0 bridgehead atoms. The van der Waals surface area contributed by atoms with Crippen LogP contribution in [0.1, 0.15) is 42.9 Å². The van der Waals surface area contributed by atoms with Gasteiger partial charge < -0.3 is 14.0 Å². The van der Waals surface area contributed by atoms with Crippen LogP contribution in [0, 0.1) is 18.8 Å². The van der Waals surface area contributed by atoms with Crippen LogP contribution in [0.15, 0.2) is 66.0 Å². The summed E-state index contributed by atoms with van der Waals surface area (Å²) >= 11 is -1.54. The van der Waals surface area contributed by atoms with Gasteiger partial charge in [0.1, 0.15) is 18.7 Å². The molecule has 2 unspecified atom stereocenters. The van der Waals surface area contributed by atoms with Crippen LogP contribution in [-0.4, -0.2) is 31.7 Å². The van der Waals surface area contributed by atoms with Gasteiger partial charge in [0.15, 0.2) is 10.5 Å². The fourth-order valence-corrected chi connectivity index (χ4v) is 4.60. The van der Waals surface area contributed by atoms with Gasteiger partial charge in [-0.15, -0.1) is 11.1 Å². The van der Waals surface area contributed by atoms with E-state index < -0.39 is 11.4 Å². The minimum Gasteiger partial charge on any atom is -0.593 e. The Morgan fingerprint density at radius 3 is 2.68 bits per heavy atom. The normalized spacial score (nSPS) is 12.5. The van der Waals surface area contributed by atoms with Gasteiger partial charge in [-0.2, -0.15) is 5.10 Å². The summed E-state index contributed by atoms with van der Waals surface area (Å²) in [6, 6.07) is 15.1. The van der Waals surface area contributed by atoms with Gasteiger partial charge in [0.05, 0.1) is 30.3 Å². The molecule has 0 saturated carbocycles. The van der Waals surface area contributed by atoms with Crippen molar-refractivity contribution in [2.75, 3.05) is 6.61 Å². The Morgan fingerprint density at radius 2 is 2.00 bits per heavy atom. The lowest BCUT2D eigenvalue weighted by Gasteiger charge is -2.13. The molecule has 8 nitrogen and oxygen atoms in total. The number of nitrogens with zero attached hydrogens (tertiary/aromatic N) is 3. The third kappa shape index (κ3) is 6.30. The quantitative estimate of drug-likeness (QED) is 0.200. The van der Waals surface area contributed by atoms with E-state index in [-0.39, 0.29) is 24.9 Å². The summed E-state index contributed by atoms with van der Waals surface area (Å²) in [6.07, 6.45) is 3.61. The zero-order chi connectivity index (χ0) is 26.4. The number of esters is 1. The lowest BCUT2D eigenvalue weighted by atomic mass is 9.96. The molecule has 2 heterocycles. The maximum Gasteiger partial charge on any atom is 0.307 e. The molecule has 9 heteroatoms. The van der Waals surface area contributed by atoms with Gasteiger partial charge in [-0.3, -0.25) is 4.79 Å². The second-order valence-electron chi connectivity index (χ2n) is 8.37. The predicted molar refractivity (Wildman–Crippen MR) is 142 cm³/mol. The Kier molecular flexibility index (Phi) is 8.46. The number of fused-ring (bicyclic) bond motifs is 1. The van der Waals surface area contributed by atoms with Gasteiger partial charge in [0.2, 0.25) is 0 Å². The first-order valence-electron chi connectivity index (χ1n) is 11.8. The largest absolute Gasteiger partial charge is 0.593 e. The third-order valence-electron chi connectivity index (χ3n) is 5.86. The van der Waals surface area contributed by atoms with Crippen molar-refractivity contribution >= 4 is 23.0 Å². The van der Waals surface area contributed by atoms with Gasteiger partial charge in [-0.25, -0.2) is 9.50 Å². The Balaban J connectivity index is 1.54. The van der Waals surface area contributed by atoms with Crippen molar-refractivity contribution in [2.45, 2.75) is 44.6 Å². The highest BCUT2D eigenvalue weighted by Crippen LogP contribution is 2.28. The number of carbonyl (C=O) groups is 1. The number of aromatic nitrogens is 3. The summed E-state index contributed by atoms with van der Waals surface area (Å²) in [5, 5.41) is 9.84. The van der Waals surface area contributed by atoms with Gasteiger partial charge in [-0.05, 0) is 73.9 Å². The molecule has 2 aromatic carbocycles. The molecule has 37 heavy (non-hydrogen) atoms. The Morgan fingerprint density at radius 1 is 1.22 bits per heavy atom. The molecule has 0 aliphatic heterocycles. The van der Waals surface area contributed by atoms with Crippen LogP contribution in [0.2, 0.25) is 0 Å². The van der Waals surface area contributed by atoms with Crippen LogP contribution in [0.4, 0.5) is 0 Å². The van der Waals surface area contributed by atoms with Crippen molar-refractivity contribution in [1.29, 1.82) is 0 Å². The summed E-state index contributed by atoms with van der Waals surface area (Å²) in [4.78, 5) is 16.9. The first-order valence-corrected chi connectivity index (χ1v) is 13.0. The van der Waals surface area contributed by atoms with E-state index in [0.717, 1.165) is 27.8 Å². The molecule has 190 valence electrons. The number of ether oxygens (including phenoxy) is 2. The molecule has 0 radical (unpaired) electrons. The molecule has 0 aliphatic rings. The Bertz CT molecular complexity index is 1450. The van der Waals surface area contributed by atoms with Crippen molar-refractivity contribution in [3.63, 3.8) is 0 Å². The number of hydrogen-bond acceptors (Lipinski definition) is 7. The predicted octanol–water partition coefficient (Wildman–Crippen LogP) is 4.33. The number of aryl methyl sites for hydroxylation is 1. The molecule has 0 saturated heterocycles. The van der Waals surface area contributed by atoms with Crippen LogP contribution in [0.25, 0.3) is 16.8 Å². The molecule has 0 amide bonds. The highest BCUT2D eigenvalue weighted by molar-refractivity contribution is 7.89. The number of carbonyl (C=O) groups excluding carboxylic acids is 1. The topological polar surface area (TPSA) is 115 Å². The average Bonchev–Trinajstić information content (AvgIpc) is 3.36. The van der Waals surface area contributed by atoms with E-state index in [2.05, 4.69) is 21.9 Å². The SMILES string of the molecule is CC#CC(CC(=O)OCC)c1ccc(OCc2cc(-c3ccc([S+](N)[O-])cc3C)cn3ncnc23)cc1. The van der Waals surface area contributed by atoms with E-state index in [9.17, 15) is 9.35 Å². The molecule has 2 aromatic heterocycles. The fourth-order valence-electron chi connectivity index (χ4n) is 4.10. The van der Waals surface area contributed by atoms with Crippen molar-refractivity contribution in [2.24, 2.45) is 5.14 Å². The van der Waals surface area contributed by atoms with E-state index >= 15 is 0 Å². The molecule has 0 spiro atoms. The first-order chi connectivity index (χ1) is 17.9. The van der Waals surface area contributed by atoms with E-state index in [4.69, 9.17) is 14.6 Å². The molecular formula is C28H28N4O4S. The van der Waals surface area contributed by atoms with Crippen LogP contribution >= 0.6 is 0 Å². The van der Waals surface area contributed by atoms with Crippen LogP contribution in [0.3, 0.4) is 0 Å². The van der Waals surface area contributed by atoms with Gasteiger partial charge >= 0.3 is 5.97 Å². The van der Waals surface area contributed by atoms with Gasteiger partial charge in [-0.1, -0.05) is 18.1 Å². The van der Waals surface area contributed by atoms with Crippen molar-refractivity contribution in [3.8, 4) is 28.7 Å². The number of hydrogen-bond donors (Lipinski definition) is 1. The lowest BCUT2D eigenvalue weighted by Crippen LogP contribution is -2.12.